The third kappa shape index (κ3) is 6.12. The molecule has 92 valence electrons. The fourth-order valence-corrected chi connectivity index (χ4v) is 1.93. The number of nitrogens with one attached hydrogen (secondary N) is 1. The van der Waals surface area contributed by atoms with Crippen LogP contribution in [0.2, 0.25) is 0 Å². The van der Waals surface area contributed by atoms with Gasteiger partial charge in [-0.15, -0.1) is 0 Å². The van der Waals surface area contributed by atoms with Gasteiger partial charge in [-0.05, 0) is 34.6 Å². The number of hydrogen-bond acceptors (Lipinski definition) is 4. The predicted octanol–water partition coefficient (Wildman–Crippen LogP) is 0.560. The van der Waals surface area contributed by atoms with Gasteiger partial charge in [0.25, 0.3) is 0 Å². The van der Waals surface area contributed by atoms with Gasteiger partial charge in [0, 0.05) is 13.1 Å². The first kappa shape index (κ1) is 14.9. The van der Waals surface area contributed by atoms with Gasteiger partial charge in [-0.25, -0.2) is 8.42 Å². The van der Waals surface area contributed by atoms with Crippen LogP contribution in [0.5, 0.6) is 0 Å². The zero-order valence-electron chi connectivity index (χ0n) is 10.3. The van der Waals surface area contributed by atoms with Crippen LogP contribution in [0.1, 0.15) is 34.6 Å². The molecular formula is C10H23NO3S. The van der Waals surface area contributed by atoms with E-state index in [0.717, 1.165) is 0 Å². The van der Waals surface area contributed by atoms with E-state index in [2.05, 4.69) is 5.32 Å². The number of aliphatic hydroxyl groups is 1. The second-order valence-corrected chi connectivity index (χ2v) is 8.28. The Bertz CT molecular complexity index is 283. The third-order valence-electron chi connectivity index (χ3n) is 2.04. The Hall–Kier alpha value is -0.130. The lowest BCUT2D eigenvalue weighted by molar-refractivity contribution is 0.0805. The van der Waals surface area contributed by atoms with E-state index >= 15 is 0 Å². The Morgan fingerprint density at radius 3 is 1.93 bits per heavy atom. The highest BCUT2D eigenvalue weighted by molar-refractivity contribution is 7.92. The summed E-state index contributed by atoms with van der Waals surface area (Å²) in [4.78, 5) is 0. The minimum Gasteiger partial charge on any atom is -0.389 e. The number of rotatable bonds is 5. The maximum Gasteiger partial charge on any atom is 0.156 e. The summed E-state index contributed by atoms with van der Waals surface area (Å²) in [5.41, 5.74) is -0.800. The van der Waals surface area contributed by atoms with Gasteiger partial charge in [-0.2, -0.15) is 0 Å². The van der Waals surface area contributed by atoms with Crippen molar-refractivity contribution in [3.63, 3.8) is 0 Å². The lowest BCUT2D eigenvalue weighted by atomic mass is 10.1. The van der Waals surface area contributed by atoms with Gasteiger partial charge >= 0.3 is 0 Å². The van der Waals surface area contributed by atoms with Crippen molar-refractivity contribution >= 4 is 9.84 Å². The average Bonchev–Trinajstić information content (AvgIpc) is 1.94. The van der Waals surface area contributed by atoms with Crippen LogP contribution in [-0.4, -0.2) is 42.7 Å². The zero-order chi connectivity index (χ0) is 12.3. The van der Waals surface area contributed by atoms with Crippen LogP contribution in [0, 0.1) is 0 Å². The first-order valence-corrected chi connectivity index (χ1v) is 6.76. The van der Waals surface area contributed by atoms with E-state index in [4.69, 9.17) is 0 Å². The Morgan fingerprint density at radius 1 is 1.13 bits per heavy atom. The van der Waals surface area contributed by atoms with Crippen molar-refractivity contribution in [3.8, 4) is 0 Å². The molecule has 0 fully saturated rings. The summed E-state index contributed by atoms with van der Waals surface area (Å²) in [6.07, 6.45) is 0. The predicted molar refractivity (Wildman–Crippen MR) is 62.7 cm³/mol. The molecule has 0 atom stereocenters. The highest BCUT2D eigenvalue weighted by Gasteiger charge is 2.28. The van der Waals surface area contributed by atoms with E-state index in [1.54, 1.807) is 34.6 Å². The molecule has 0 heterocycles. The van der Waals surface area contributed by atoms with Crippen molar-refractivity contribution in [2.24, 2.45) is 0 Å². The molecule has 0 aromatic rings. The van der Waals surface area contributed by atoms with E-state index in [1.807, 2.05) is 0 Å². The molecule has 0 spiro atoms. The van der Waals surface area contributed by atoms with Crippen molar-refractivity contribution < 1.29 is 13.5 Å². The molecule has 0 aromatic carbocycles. The zero-order valence-corrected chi connectivity index (χ0v) is 11.1. The van der Waals surface area contributed by atoms with Crippen LogP contribution in [0.4, 0.5) is 0 Å². The Morgan fingerprint density at radius 2 is 1.60 bits per heavy atom. The van der Waals surface area contributed by atoms with Gasteiger partial charge in [0.1, 0.15) is 0 Å². The van der Waals surface area contributed by atoms with Crippen LogP contribution in [0.15, 0.2) is 0 Å². The van der Waals surface area contributed by atoms with Gasteiger partial charge in [0.05, 0.1) is 16.1 Å². The summed E-state index contributed by atoms with van der Waals surface area (Å²) in [6.45, 7) is 9.21. The molecule has 0 radical (unpaired) electrons. The molecule has 0 amide bonds. The molecule has 0 saturated heterocycles. The fraction of sp³-hybridized carbons (Fsp3) is 1.00. The highest BCUT2D eigenvalue weighted by Crippen LogP contribution is 2.15. The van der Waals surface area contributed by atoms with Gasteiger partial charge in [0.2, 0.25) is 0 Å². The van der Waals surface area contributed by atoms with Crippen LogP contribution in [-0.2, 0) is 9.84 Å². The number of hydrogen-bond donors (Lipinski definition) is 2. The molecule has 0 unspecified atom stereocenters. The van der Waals surface area contributed by atoms with Crippen molar-refractivity contribution in [1.82, 2.24) is 5.32 Å². The van der Waals surface area contributed by atoms with E-state index < -0.39 is 20.2 Å². The molecule has 0 aromatic heterocycles. The standard InChI is InChI=1S/C10H23NO3S/c1-9(2,3)15(13,14)7-6-11-8-10(4,5)12/h11-12H,6-8H2,1-5H3. The molecule has 0 aliphatic carbocycles. The SMILES string of the molecule is CC(C)(O)CNCCS(=O)(=O)C(C)(C)C. The normalized spacial score (nSPS) is 14.3. The topological polar surface area (TPSA) is 66.4 Å². The Kier molecular flexibility index (Phi) is 4.76. The van der Waals surface area contributed by atoms with Crippen LogP contribution in [0.3, 0.4) is 0 Å². The second kappa shape index (κ2) is 4.80. The maximum atomic E-state index is 11.7. The molecule has 2 N–H and O–H groups in total. The minimum atomic E-state index is -3.06. The summed E-state index contributed by atoms with van der Waals surface area (Å²) in [7, 11) is -3.06. The van der Waals surface area contributed by atoms with E-state index in [1.165, 1.54) is 0 Å². The monoisotopic (exact) mass is 237 g/mol. The van der Waals surface area contributed by atoms with Crippen molar-refractivity contribution in [2.75, 3.05) is 18.8 Å². The lowest BCUT2D eigenvalue weighted by Crippen LogP contribution is -2.39. The van der Waals surface area contributed by atoms with E-state index in [9.17, 15) is 13.5 Å². The largest absolute Gasteiger partial charge is 0.389 e. The van der Waals surface area contributed by atoms with Crippen LogP contribution >= 0.6 is 0 Å². The Balaban J connectivity index is 3.99. The molecule has 4 nitrogen and oxygen atoms in total. The quantitative estimate of drug-likeness (QED) is 0.686. The second-order valence-electron chi connectivity index (χ2n) is 5.42. The van der Waals surface area contributed by atoms with E-state index in [-0.39, 0.29) is 5.75 Å². The van der Waals surface area contributed by atoms with Gasteiger partial charge in [0.15, 0.2) is 9.84 Å². The van der Waals surface area contributed by atoms with Crippen LogP contribution in [0.25, 0.3) is 0 Å². The van der Waals surface area contributed by atoms with Gasteiger partial charge in [-0.3, -0.25) is 0 Å². The summed E-state index contributed by atoms with van der Waals surface area (Å²) in [5, 5.41) is 12.3. The highest BCUT2D eigenvalue weighted by atomic mass is 32.2. The molecular weight excluding hydrogens is 214 g/mol. The summed E-state index contributed by atoms with van der Waals surface area (Å²) in [5.74, 6) is 0.104. The molecule has 0 aliphatic rings. The molecule has 0 saturated carbocycles. The van der Waals surface area contributed by atoms with Crippen molar-refractivity contribution in [1.29, 1.82) is 0 Å². The lowest BCUT2D eigenvalue weighted by Gasteiger charge is -2.21. The fourth-order valence-electron chi connectivity index (χ4n) is 0.907. The van der Waals surface area contributed by atoms with Gasteiger partial charge < -0.3 is 10.4 Å². The van der Waals surface area contributed by atoms with E-state index in [0.29, 0.717) is 13.1 Å². The number of sulfone groups is 1. The third-order valence-corrected chi connectivity index (χ3v) is 4.65. The first-order valence-electron chi connectivity index (χ1n) is 5.11. The summed E-state index contributed by atoms with van der Waals surface area (Å²) < 4.78 is 22.6. The minimum absolute atomic E-state index is 0.104. The van der Waals surface area contributed by atoms with Crippen molar-refractivity contribution in [2.45, 2.75) is 45.0 Å². The molecule has 5 heteroatoms. The molecule has 0 rings (SSSR count). The first-order chi connectivity index (χ1) is 6.46. The molecule has 15 heavy (non-hydrogen) atoms. The Labute approximate surface area is 93.0 Å². The molecule has 0 aliphatic heterocycles. The summed E-state index contributed by atoms with van der Waals surface area (Å²) >= 11 is 0. The average molecular weight is 237 g/mol. The summed E-state index contributed by atoms with van der Waals surface area (Å²) in [6, 6.07) is 0. The van der Waals surface area contributed by atoms with Gasteiger partial charge in [-0.1, -0.05) is 0 Å². The van der Waals surface area contributed by atoms with Crippen LogP contribution < -0.4 is 5.32 Å². The van der Waals surface area contributed by atoms with Crippen molar-refractivity contribution in [3.05, 3.63) is 0 Å². The maximum absolute atomic E-state index is 11.7. The molecule has 0 bridgehead atoms. The smallest absolute Gasteiger partial charge is 0.156 e.